The van der Waals surface area contributed by atoms with E-state index in [4.69, 9.17) is 25.8 Å². The smallest absolute Gasteiger partial charge is 0.230 e. The van der Waals surface area contributed by atoms with Gasteiger partial charge in [-0.3, -0.25) is 9.59 Å². The number of likely N-dealkylation sites (tertiary alicyclic amines) is 1. The van der Waals surface area contributed by atoms with E-state index in [0.29, 0.717) is 42.6 Å². The molecule has 7 nitrogen and oxygen atoms in total. The van der Waals surface area contributed by atoms with Crippen LogP contribution in [0, 0.1) is 11.8 Å². The topological polar surface area (TPSA) is 77.1 Å². The van der Waals surface area contributed by atoms with E-state index >= 15 is 0 Å². The molecule has 8 heteroatoms. The number of halogens is 1. The average molecular weight is 483 g/mol. The van der Waals surface area contributed by atoms with Gasteiger partial charge in [0.05, 0.1) is 38.7 Å². The minimum atomic E-state index is -0.730. The molecule has 0 saturated carbocycles. The molecule has 2 aromatic rings. The van der Waals surface area contributed by atoms with Gasteiger partial charge in [0.2, 0.25) is 11.8 Å². The molecule has 34 heavy (non-hydrogen) atoms. The van der Waals surface area contributed by atoms with E-state index in [1.165, 1.54) is 0 Å². The SMILES string of the molecule is COc1ccc(CCN2C[C@]34C=C[C@H](O3)[C@@H](C(=O)NCc3ccccc3Cl)[C@H]4C2=O)cc1OC. The van der Waals surface area contributed by atoms with Crippen molar-refractivity contribution in [3.05, 3.63) is 70.8 Å². The zero-order chi connectivity index (χ0) is 23.9. The largest absolute Gasteiger partial charge is 0.493 e. The Morgan fingerprint density at radius 1 is 1.21 bits per heavy atom. The number of amides is 2. The van der Waals surface area contributed by atoms with Gasteiger partial charge in [-0.25, -0.2) is 0 Å². The number of rotatable bonds is 8. The molecule has 3 aliphatic rings. The van der Waals surface area contributed by atoms with Crippen molar-refractivity contribution in [2.75, 3.05) is 27.3 Å². The number of fused-ring (bicyclic) bond motifs is 1. The van der Waals surface area contributed by atoms with E-state index in [9.17, 15) is 9.59 Å². The second-order valence-corrected chi connectivity index (χ2v) is 9.32. The Hall–Kier alpha value is -3.03. The number of nitrogens with one attached hydrogen (secondary N) is 1. The fourth-order valence-corrected chi connectivity index (χ4v) is 5.51. The Morgan fingerprint density at radius 2 is 2.00 bits per heavy atom. The highest BCUT2D eigenvalue weighted by molar-refractivity contribution is 6.31. The predicted molar refractivity (Wildman–Crippen MR) is 127 cm³/mol. The predicted octanol–water partition coefficient (Wildman–Crippen LogP) is 3.00. The summed E-state index contributed by atoms with van der Waals surface area (Å²) >= 11 is 6.22. The molecule has 178 valence electrons. The molecule has 2 fully saturated rings. The molecule has 2 amide bonds. The number of ether oxygens (including phenoxy) is 3. The number of carbonyl (C=O) groups is 2. The molecule has 0 aromatic heterocycles. The van der Waals surface area contributed by atoms with Crippen molar-refractivity contribution in [3.8, 4) is 11.5 Å². The Labute approximate surface area is 203 Å². The van der Waals surface area contributed by atoms with Crippen molar-refractivity contribution in [1.29, 1.82) is 0 Å². The molecule has 0 radical (unpaired) electrons. The molecule has 1 N–H and O–H groups in total. The standard InChI is InChI=1S/C26H27ClN2O5/c1-32-19-8-7-16(13-21(19)33-2)10-12-29-15-26-11-9-20(34-26)22(23(26)25(29)31)24(30)28-14-17-5-3-4-6-18(17)27/h3-9,11,13,20,22-23H,10,12,14-15H2,1-2H3,(H,28,30)/t20-,22+,23-,26-/m0/s1. The van der Waals surface area contributed by atoms with Gasteiger partial charge in [-0.1, -0.05) is 48.0 Å². The van der Waals surface area contributed by atoms with Crippen LogP contribution >= 0.6 is 11.6 Å². The Bertz CT molecular complexity index is 1150. The van der Waals surface area contributed by atoms with Gasteiger partial charge in [-0.05, 0) is 35.7 Å². The first-order valence-electron chi connectivity index (χ1n) is 11.3. The number of carbonyl (C=O) groups excluding carboxylic acids is 2. The van der Waals surface area contributed by atoms with E-state index in [2.05, 4.69) is 5.32 Å². The van der Waals surface area contributed by atoms with E-state index in [1.54, 1.807) is 20.3 Å². The Morgan fingerprint density at radius 3 is 2.76 bits per heavy atom. The lowest BCUT2D eigenvalue weighted by Crippen LogP contribution is -2.44. The molecular formula is C26H27ClN2O5. The van der Waals surface area contributed by atoms with E-state index < -0.39 is 17.4 Å². The van der Waals surface area contributed by atoms with Crippen molar-refractivity contribution < 1.29 is 23.8 Å². The molecule has 2 aromatic carbocycles. The number of nitrogens with zero attached hydrogens (tertiary/aromatic N) is 1. The normalized spacial score (nSPS) is 26.6. The van der Waals surface area contributed by atoms with Gasteiger partial charge in [0, 0.05) is 18.1 Å². The fraction of sp³-hybridized carbons (Fsp3) is 0.385. The molecule has 2 saturated heterocycles. The van der Waals surface area contributed by atoms with Gasteiger partial charge in [-0.15, -0.1) is 0 Å². The van der Waals surface area contributed by atoms with Crippen LogP contribution in [0.25, 0.3) is 0 Å². The molecule has 1 spiro atoms. The molecule has 3 heterocycles. The third kappa shape index (κ3) is 3.83. The maximum Gasteiger partial charge on any atom is 0.230 e. The summed E-state index contributed by atoms with van der Waals surface area (Å²) in [6.45, 7) is 1.29. The summed E-state index contributed by atoms with van der Waals surface area (Å²) in [6, 6.07) is 13.1. The second-order valence-electron chi connectivity index (χ2n) is 8.91. The van der Waals surface area contributed by atoms with Gasteiger partial charge < -0.3 is 24.4 Å². The molecule has 0 unspecified atom stereocenters. The lowest BCUT2D eigenvalue weighted by molar-refractivity contribution is -0.137. The number of methoxy groups -OCH3 is 2. The van der Waals surface area contributed by atoms with Crippen molar-refractivity contribution in [2.24, 2.45) is 11.8 Å². The number of hydrogen-bond donors (Lipinski definition) is 1. The van der Waals surface area contributed by atoms with Gasteiger partial charge >= 0.3 is 0 Å². The number of benzene rings is 2. The lowest BCUT2D eigenvalue weighted by Gasteiger charge is -2.23. The van der Waals surface area contributed by atoms with Crippen molar-refractivity contribution in [2.45, 2.75) is 24.7 Å². The first kappa shape index (κ1) is 22.7. The van der Waals surface area contributed by atoms with Gasteiger partial charge in [0.25, 0.3) is 0 Å². The summed E-state index contributed by atoms with van der Waals surface area (Å²) in [5.41, 5.74) is 1.14. The molecule has 2 bridgehead atoms. The minimum Gasteiger partial charge on any atom is -0.493 e. The summed E-state index contributed by atoms with van der Waals surface area (Å²) in [7, 11) is 3.20. The highest BCUT2D eigenvalue weighted by Gasteiger charge is 2.66. The van der Waals surface area contributed by atoms with E-state index in [-0.39, 0.29) is 17.9 Å². The van der Waals surface area contributed by atoms with Crippen LogP contribution in [0.1, 0.15) is 11.1 Å². The van der Waals surface area contributed by atoms with Crippen LogP contribution in [0.2, 0.25) is 5.02 Å². The van der Waals surface area contributed by atoms with Crippen LogP contribution in [0.15, 0.2) is 54.6 Å². The molecular weight excluding hydrogens is 456 g/mol. The van der Waals surface area contributed by atoms with Crippen LogP contribution in [0.3, 0.4) is 0 Å². The second kappa shape index (κ2) is 8.96. The minimum absolute atomic E-state index is 0.0368. The third-order valence-electron chi connectivity index (χ3n) is 7.01. The quantitative estimate of drug-likeness (QED) is 0.585. The van der Waals surface area contributed by atoms with Crippen LogP contribution in [0.4, 0.5) is 0 Å². The Kier molecular flexibility index (Phi) is 6.00. The summed E-state index contributed by atoms with van der Waals surface area (Å²) in [5.74, 6) is 0.0353. The van der Waals surface area contributed by atoms with E-state index in [1.807, 2.05) is 53.5 Å². The lowest BCUT2D eigenvalue weighted by atomic mass is 9.77. The van der Waals surface area contributed by atoms with Crippen LogP contribution in [-0.2, 0) is 27.3 Å². The molecule has 4 atom stereocenters. The maximum absolute atomic E-state index is 13.4. The van der Waals surface area contributed by atoms with Crippen LogP contribution < -0.4 is 14.8 Å². The highest BCUT2D eigenvalue weighted by atomic mass is 35.5. The molecule has 3 aliphatic heterocycles. The third-order valence-corrected chi connectivity index (χ3v) is 7.38. The maximum atomic E-state index is 13.4. The van der Waals surface area contributed by atoms with E-state index in [0.717, 1.165) is 11.1 Å². The van der Waals surface area contributed by atoms with Gasteiger partial charge in [0.15, 0.2) is 11.5 Å². The average Bonchev–Trinajstić information content (AvgIpc) is 3.49. The van der Waals surface area contributed by atoms with Crippen molar-refractivity contribution >= 4 is 23.4 Å². The fourth-order valence-electron chi connectivity index (χ4n) is 5.31. The Balaban J connectivity index is 1.27. The monoisotopic (exact) mass is 482 g/mol. The summed E-state index contributed by atoms with van der Waals surface area (Å²) in [6.07, 6.45) is 4.16. The van der Waals surface area contributed by atoms with Gasteiger partial charge in [-0.2, -0.15) is 0 Å². The zero-order valence-electron chi connectivity index (χ0n) is 19.1. The molecule has 0 aliphatic carbocycles. The van der Waals surface area contributed by atoms with Crippen molar-refractivity contribution in [3.63, 3.8) is 0 Å². The highest BCUT2D eigenvalue weighted by Crippen LogP contribution is 2.51. The summed E-state index contributed by atoms with van der Waals surface area (Å²) in [4.78, 5) is 28.4. The summed E-state index contributed by atoms with van der Waals surface area (Å²) < 4.78 is 16.9. The number of hydrogen-bond acceptors (Lipinski definition) is 5. The first-order valence-corrected chi connectivity index (χ1v) is 11.7. The first-order chi connectivity index (χ1) is 16.5. The zero-order valence-corrected chi connectivity index (χ0v) is 19.9. The molecule has 5 rings (SSSR count). The van der Waals surface area contributed by atoms with Crippen molar-refractivity contribution in [1.82, 2.24) is 10.2 Å². The van der Waals surface area contributed by atoms with Crippen LogP contribution in [-0.4, -0.2) is 55.7 Å². The van der Waals surface area contributed by atoms with Gasteiger partial charge in [0.1, 0.15) is 5.60 Å². The van der Waals surface area contributed by atoms with Crippen LogP contribution in [0.5, 0.6) is 11.5 Å². The summed E-state index contributed by atoms with van der Waals surface area (Å²) in [5, 5.41) is 3.56.